The van der Waals surface area contributed by atoms with E-state index in [9.17, 15) is 4.79 Å². The number of carbonyl (C=O) groups is 1. The molecule has 0 radical (unpaired) electrons. The highest BCUT2D eigenvalue weighted by Crippen LogP contribution is 2.17. The summed E-state index contributed by atoms with van der Waals surface area (Å²) < 4.78 is 7.49. The minimum atomic E-state index is 0.292. The maximum absolute atomic E-state index is 11.9. The molecule has 0 N–H and O–H groups in total. The molecule has 4 heteroatoms. The number of aryl methyl sites for hydroxylation is 1. The summed E-state index contributed by atoms with van der Waals surface area (Å²) >= 11 is 0. The van der Waals surface area contributed by atoms with Crippen molar-refractivity contribution in [3.63, 3.8) is 0 Å². The lowest BCUT2D eigenvalue weighted by Gasteiger charge is -2.22. The van der Waals surface area contributed by atoms with Crippen molar-refractivity contribution in [3.05, 3.63) is 18.0 Å². The first-order valence-electron chi connectivity index (χ1n) is 6.92. The molecule has 1 aromatic heterocycles. The monoisotopic (exact) mass is 250 g/mol. The van der Waals surface area contributed by atoms with Gasteiger partial charge in [0.1, 0.15) is 5.78 Å². The molecule has 0 spiro atoms. The first-order chi connectivity index (χ1) is 8.78. The third kappa shape index (κ3) is 3.95. The van der Waals surface area contributed by atoms with Gasteiger partial charge >= 0.3 is 0 Å². The van der Waals surface area contributed by atoms with Crippen molar-refractivity contribution in [1.29, 1.82) is 0 Å². The van der Waals surface area contributed by atoms with E-state index in [1.54, 1.807) is 6.20 Å². The first kappa shape index (κ1) is 13.3. The molecule has 0 amide bonds. The number of ether oxygens (including phenoxy) is 1. The molecule has 1 atom stereocenters. The van der Waals surface area contributed by atoms with Crippen LogP contribution in [0.25, 0.3) is 0 Å². The van der Waals surface area contributed by atoms with Crippen molar-refractivity contribution in [1.82, 2.24) is 9.78 Å². The van der Waals surface area contributed by atoms with Gasteiger partial charge in [0, 0.05) is 32.2 Å². The zero-order valence-electron chi connectivity index (χ0n) is 11.1. The highest BCUT2D eigenvalue weighted by molar-refractivity contribution is 5.80. The summed E-state index contributed by atoms with van der Waals surface area (Å²) in [5.41, 5.74) is 1.02. The highest BCUT2D eigenvalue weighted by atomic mass is 16.5. The van der Waals surface area contributed by atoms with Crippen LogP contribution < -0.4 is 0 Å². The molecule has 4 nitrogen and oxygen atoms in total. The third-order valence-electron chi connectivity index (χ3n) is 3.43. The fourth-order valence-electron chi connectivity index (χ4n) is 2.34. The largest absolute Gasteiger partial charge is 0.378 e. The molecule has 2 rings (SSSR count). The van der Waals surface area contributed by atoms with Crippen LogP contribution in [-0.4, -0.2) is 28.3 Å². The maximum Gasteiger partial charge on any atom is 0.137 e. The molecule has 1 fully saturated rings. The van der Waals surface area contributed by atoms with Crippen molar-refractivity contribution >= 4 is 5.78 Å². The van der Waals surface area contributed by atoms with Gasteiger partial charge in [0.25, 0.3) is 0 Å². The second kappa shape index (κ2) is 6.69. The Morgan fingerprint density at radius 3 is 3.11 bits per heavy atom. The molecule has 1 aliphatic rings. The van der Waals surface area contributed by atoms with Gasteiger partial charge in [-0.05, 0) is 38.2 Å². The number of Topliss-reactive ketones (excluding diaryl/α,β-unsaturated/α-hetero) is 1. The van der Waals surface area contributed by atoms with Gasteiger partial charge in [-0.15, -0.1) is 0 Å². The van der Waals surface area contributed by atoms with Gasteiger partial charge < -0.3 is 4.74 Å². The van der Waals surface area contributed by atoms with E-state index < -0.39 is 0 Å². The summed E-state index contributed by atoms with van der Waals surface area (Å²) in [6, 6.07) is 0. The predicted molar refractivity (Wildman–Crippen MR) is 69.4 cm³/mol. The number of nitrogens with zero attached hydrogens (tertiary/aromatic N) is 2. The summed E-state index contributed by atoms with van der Waals surface area (Å²) in [5, 5.41) is 4.18. The standard InChI is InChI=1S/C14H22N2O2/c1-2-16-11-12(10-15-16)9-13(17)6-7-14-5-3-4-8-18-14/h10-11,14H,2-9H2,1H3. The molecule has 2 heterocycles. The van der Waals surface area contributed by atoms with E-state index in [1.807, 2.05) is 17.8 Å². The minimum Gasteiger partial charge on any atom is -0.378 e. The van der Waals surface area contributed by atoms with Gasteiger partial charge in [-0.25, -0.2) is 0 Å². The molecule has 1 aliphatic heterocycles. The fourth-order valence-corrected chi connectivity index (χ4v) is 2.34. The average Bonchev–Trinajstić information content (AvgIpc) is 2.85. The Kier molecular flexibility index (Phi) is 4.93. The molecule has 1 aromatic rings. The zero-order chi connectivity index (χ0) is 12.8. The number of aromatic nitrogens is 2. The van der Waals surface area contributed by atoms with Crippen LogP contribution in [0, 0.1) is 0 Å². The van der Waals surface area contributed by atoms with Crippen molar-refractivity contribution in [3.8, 4) is 0 Å². The van der Waals surface area contributed by atoms with E-state index in [0.717, 1.165) is 31.6 Å². The van der Waals surface area contributed by atoms with E-state index in [0.29, 0.717) is 24.7 Å². The number of rotatable bonds is 6. The summed E-state index contributed by atoms with van der Waals surface area (Å²) in [7, 11) is 0. The van der Waals surface area contributed by atoms with E-state index >= 15 is 0 Å². The van der Waals surface area contributed by atoms with Crippen LogP contribution in [0.2, 0.25) is 0 Å². The number of carbonyl (C=O) groups excluding carboxylic acids is 1. The molecular formula is C14H22N2O2. The second-order valence-electron chi connectivity index (χ2n) is 4.95. The second-order valence-corrected chi connectivity index (χ2v) is 4.95. The average molecular weight is 250 g/mol. The van der Waals surface area contributed by atoms with Crippen molar-refractivity contribution < 1.29 is 9.53 Å². The molecule has 0 bridgehead atoms. The Morgan fingerprint density at radius 1 is 1.56 bits per heavy atom. The Morgan fingerprint density at radius 2 is 2.44 bits per heavy atom. The maximum atomic E-state index is 11.9. The Bertz CT molecular complexity index is 381. The lowest BCUT2D eigenvalue weighted by atomic mass is 10.0. The van der Waals surface area contributed by atoms with Crippen LogP contribution in [0.15, 0.2) is 12.4 Å². The molecule has 0 aliphatic carbocycles. The van der Waals surface area contributed by atoms with E-state index in [4.69, 9.17) is 4.74 Å². The van der Waals surface area contributed by atoms with Crippen LogP contribution in [-0.2, 0) is 22.5 Å². The minimum absolute atomic E-state index is 0.292. The lowest BCUT2D eigenvalue weighted by molar-refractivity contribution is -0.119. The topological polar surface area (TPSA) is 44.1 Å². The highest BCUT2D eigenvalue weighted by Gasteiger charge is 2.15. The molecule has 18 heavy (non-hydrogen) atoms. The van der Waals surface area contributed by atoms with Crippen LogP contribution in [0.5, 0.6) is 0 Å². The third-order valence-corrected chi connectivity index (χ3v) is 3.43. The van der Waals surface area contributed by atoms with Crippen LogP contribution in [0.4, 0.5) is 0 Å². The lowest BCUT2D eigenvalue weighted by Crippen LogP contribution is -2.20. The van der Waals surface area contributed by atoms with Gasteiger partial charge in [-0.2, -0.15) is 5.10 Å². The number of ketones is 1. The molecule has 1 unspecified atom stereocenters. The number of hydrogen-bond acceptors (Lipinski definition) is 3. The van der Waals surface area contributed by atoms with Gasteiger partial charge in [-0.1, -0.05) is 0 Å². The van der Waals surface area contributed by atoms with E-state index in [2.05, 4.69) is 5.10 Å². The van der Waals surface area contributed by atoms with E-state index in [-0.39, 0.29) is 0 Å². The number of hydrogen-bond donors (Lipinski definition) is 0. The SMILES string of the molecule is CCn1cc(CC(=O)CCC2CCCCO2)cn1. The van der Waals surface area contributed by atoms with Gasteiger partial charge in [-0.3, -0.25) is 9.48 Å². The molecular weight excluding hydrogens is 228 g/mol. The Hall–Kier alpha value is -1.16. The van der Waals surface area contributed by atoms with Gasteiger partial charge in [0.05, 0.1) is 12.3 Å². The summed E-state index contributed by atoms with van der Waals surface area (Å²) in [4.78, 5) is 11.9. The van der Waals surface area contributed by atoms with Crippen LogP contribution >= 0.6 is 0 Å². The first-order valence-corrected chi connectivity index (χ1v) is 6.92. The van der Waals surface area contributed by atoms with Gasteiger partial charge in [0.2, 0.25) is 0 Å². The summed E-state index contributed by atoms with van der Waals surface area (Å²) in [6.45, 7) is 3.76. The molecule has 100 valence electrons. The van der Waals surface area contributed by atoms with Crippen LogP contribution in [0.1, 0.15) is 44.6 Å². The van der Waals surface area contributed by atoms with Crippen molar-refractivity contribution in [2.45, 2.75) is 58.1 Å². The van der Waals surface area contributed by atoms with Crippen LogP contribution in [0.3, 0.4) is 0 Å². The smallest absolute Gasteiger partial charge is 0.137 e. The predicted octanol–water partition coefficient (Wildman–Crippen LogP) is 2.36. The van der Waals surface area contributed by atoms with Crippen molar-refractivity contribution in [2.75, 3.05) is 6.61 Å². The normalized spacial score (nSPS) is 19.9. The van der Waals surface area contributed by atoms with Crippen molar-refractivity contribution in [2.24, 2.45) is 0 Å². The fraction of sp³-hybridized carbons (Fsp3) is 0.714. The molecule has 0 aromatic carbocycles. The van der Waals surface area contributed by atoms with Gasteiger partial charge in [0.15, 0.2) is 0 Å². The van der Waals surface area contributed by atoms with E-state index in [1.165, 1.54) is 12.8 Å². The quantitative estimate of drug-likeness (QED) is 0.778. The Balaban J connectivity index is 1.71. The molecule has 0 saturated carbocycles. The Labute approximate surface area is 108 Å². The summed E-state index contributed by atoms with van der Waals surface area (Å²) in [5.74, 6) is 0.292. The zero-order valence-corrected chi connectivity index (χ0v) is 11.1. The summed E-state index contributed by atoms with van der Waals surface area (Å²) in [6.07, 6.45) is 9.58. The molecule has 1 saturated heterocycles.